The van der Waals surface area contributed by atoms with E-state index in [1.165, 1.54) is 5.57 Å². The number of hydrogen-bond donors (Lipinski definition) is 11. The van der Waals surface area contributed by atoms with E-state index in [2.05, 4.69) is 54.5 Å². The Balaban J connectivity index is 1.12. The van der Waals surface area contributed by atoms with Crippen molar-refractivity contribution in [2.45, 2.75) is 217 Å². The van der Waals surface area contributed by atoms with Crippen LogP contribution in [-0.4, -0.2) is 180 Å². The summed E-state index contributed by atoms with van der Waals surface area (Å²) in [6, 6.07) is 0. The molecule has 7 fully saturated rings. The minimum atomic E-state index is -1.82. The van der Waals surface area contributed by atoms with Crippen LogP contribution >= 0.6 is 0 Å². The minimum Gasteiger partial charge on any atom is -0.394 e. The summed E-state index contributed by atoms with van der Waals surface area (Å²) in [5.41, 5.74) is -0.714. The minimum absolute atomic E-state index is 0.0153. The van der Waals surface area contributed by atoms with Crippen molar-refractivity contribution < 1.29 is 84.6 Å². The van der Waals surface area contributed by atoms with E-state index in [1.807, 2.05) is 6.92 Å². The van der Waals surface area contributed by atoms with Crippen LogP contribution in [0.15, 0.2) is 11.6 Å². The molecule has 0 radical (unpaired) electrons. The summed E-state index contributed by atoms with van der Waals surface area (Å²) >= 11 is 0. The zero-order valence-electron chi connectivity index (χ0n) is 39.0. The molecule has 7 aliphatic rings. The first-order chi connectivity index (χ1) is 29.8. The van der Waals surface area contributed by atoms with E-state index in [9.17, 15) is 56.2 Å². The van der Waals surface area contributed by atoms with Crippen molar-refractivity contribution >= 4 is 0 Å². The Morgan fingerprint density at radius 1 is 0.688 bits per heavy atom. The molecule has 11 N–H and O–H groups in total. The van der Waals surface area contributed by atoms with Crippen LogP contribution < -0.4 is 0 Å². The molecule has 370 valence electrons. The van der Waals surface area contributed by atoms with E-state index in [-0.39, 0.29) is 46.5 Å². The third-order valence-corrected chi connectivity index (χ3v) is 18.3. The molecular weight excluding hydrogens is 836 g/mol. The average Bonchev–Trinajstić information content (AvgIpc) is 3.62. The molecular formula is C47H80O17. The lowest BCUT2D eigenvalue weighted by atomic mass is 9.35. The number of ether oxygens (including phenoxy) is 6. The molecule has 0 amide bonds. The van der Waals surface area contributed by atoms with Crippen molar-refractivity contribution in [3.63, 3.8) is 0 Å². The molecule has 24 atom stereocenters. The van der Waals surface area contributed by atoms with Gasteiger partial charge in [0.05, 0.1) is 37.6 Å². The number of aliphatic hydroxyl groups excluding tert-OH is 10. The molecule has 0 spiro atoms. The normalized spacial score (nSPS) is 52.5. The number of hydrogen-bond acceptors (Lipinski definition) is 17. The predicted molar refractivity (Wildman–Crippen MR) is 228 cm³/mol. The number of allylic oxidation sites excluding steroid dienone is 2. The van der Waals surface area contributed by atoms with Crippen LogP contribution in [0.4, 0.5) is 0 Å². The van der Waals surface area contributed by atoms with E-state index in [1.54, 1.807) is 0 Å². The Hall–Kier alpha value is -0.940. The highest BCUT2D eigenvalue weighted by atomic mass is 16.8. The van der Waals surface area contributed by atoms with Crippen molar-refractivity contribution in [2.24, 2.45) is 45.3 Å². The molecule has 0 aromatic rings. The predicted octanol–water partition coefficient (Wildman–Crippen LogP) is 0.612. The van der Waals surface area contributed by atoms with E-state index >= 15 is 0 Å². The van der Waals surface area contributed by atoms with Gasteiger partial charge in [0.25, 0.3) is 0 Å². The molecule has 4 saturated carbocycles. The highest BCUT2D eigenvalue weighted by Gasteiger charge is 2.71. The topological polar surface area (TPSA) is 278 Å². The molecule has 4 aliphatic carbocycles. The summed E-state index contributed by atoms with van der Waals surface area (Å²) in [5, 5.41) is 120. The Morgan fingerprint density at radius 3 is 2.00 bits per heavy atom. The molecule has 3 saturated heterocycles. The molecule has 0 unspecified atom stereocenters. The second-order valence-electron chi connectivity index (χ2n) is 22.5. The van der Waals surface area contributed by atoms with Crippen LogP contribution in [0.2, 0.25) is 0 Å². The third-order valence-electron chi connectivity index (χ3n) is 18.3. The maximum atomic E-state index is 12.3. The molecule has 3 aliphatic heterocycles. The Morgan fingerprint density at radius 2 is 1.33 bits per heavy atom. The summed E-state index contributed by atoms with van der Waals surface area (Å²) < 4.78 is 36.1. The summed E-state index contributed by atoms with van der Waals surface area (Å²) in [7, 11) is 0. The quantitative estimate of drug-likeness (QED) is 0.0946. The van der Waals surface area contributed by atoms with Gasteiger partial charge in [0.15, 0.2) is 18.9 Å². The Kier molecular flexibility index (Phi) is 14.9. The maximum absolute atomic E-state index is 12.3. The number of fused-ring (bicyclic) bond motifs is 5. The highest BCUT2D eigenvalue weighted by Crippen LogP contribution is 2.76. The SMILES string of the molecule is CC(C)=CCC[C@](C)(O)[C@H]1CC[C@]2(C)[C@H]1[C@H](O)C[C@H]1[C@@]3(C)CC[C@H](O[C@@H]4O[C@H](CO[C@@H]5OC[C@@H](O)[C@H](O)[C@H]5O)[C@@H](O)[C@H](O)[C@H]4O[C@@H]4O[C@H](CO)[C@@H](O)[C@H](O)[C@H]4O)C(C)(C)[C@@H]3CC[C@]12C. The first-order valence-electron chi connectivity index (χ1n) is 23.8. The smallest absolute Gasteiger partial charge is 0.187 e. The van der Waals surface area contributed by atoms with E-state index in [4.69, 9.17) is 28.4 Å². The van der Waals surface area contributed by atoms with Crippen LogP contribution in [0.5, 0.6) is 0 Å². The zero-order chi connectivity index (χ0) is 47.1. The van der Waals surface area contributed by atoms with Crippen LogP contribution in [0.1, 0.15) is 113 Å². The lowest BCUT2D eigenvalue weighted by Crippen LogP contribution is -2.68. The fourth-order valence-electron chi connectivity index (χ4n) is 14.4. The van der Waals surface area contributed by atoms with E-state index < -0.39 is 122 Å². The second-order valence-corrected chi connectivity index (χ2v) is 22.5. The van der Waals surface area contributed by atoms with Gasteiger partial charge >= 0.3 is 0 Å². The van der Waals surface area contributed by atoms with Crippen molar-refractivity contribution in [1.29, 1.82) is 0 Å². The molecule has 17 nitrogen and oxygen atoms in total. The van der Waals surface area contributed by atoms with Gasteiger partial charge in [-0.3, -0.25) is 0 Å². The molecule has 0 aromatic carbocycles. The van der Waals surface area contributed by atoms with Crippen LogP contribution in [0.25, 0.3) is 0 Å². The molecule has 0 aromatic heterocycles. The average molecular weight is 917 g/mol. The lowest BCUT2D eigenvalue weighted by Gasteiger charge is -2.70. The monoisotopic (exact) mass is 917 g/mol. The van der Waals surface area contributed by atoms with Crippen LogP contribution in [0, 0.1) is 45.3 Å². The van der Waals surface area contributed by atoms with Crippen LogP contribution in [0.3, 0.4) is 0 Å². The van der Waals surface area contributed by atoms with Gasteiger partial charge in [0, 0.05) is 0 Å². The highest BCUT2D eigenvalue weighted by molar-refractivity contribution is 5.20. The van der Waals surface area contributed by atoms with Crippen molar-refractivity contribution in [2.75, 3.05) is 19.8 Å². The van der Waals surface area contributed by atoms with Crippen LogP contribution in [-0.2, 0) is 28.4 Å². The van der Waals surface area contributed by atoms with Crippen molar-refractivity contribution in [3.8, 4) is 0 Å². The first kappa shape index (κ1) is 50.9. The summed E-state index contributed by atoms with van der Waals surface area (Å²) in [6.07, 6.45) is -13.9. The standard InChI is InChI=1S/C47H80O17/c1-22(2)10-9-14-47(8,58)23-11-16-46(7)31(23)24(49)18-29-44(5)15-13-30(43(3,4)28(44)12-17-45(29,46)6)63-42-39(64-41-38(57)35(54)33(52)26(19-48)61-41)36(55)34(53)27(62-42)21-60-40-37(56)32(51)25(50)20-59-40/h10,23-42,48-58H,9,11-21H2,1-8H3/t23-,24+,25+,26+,27+,28-,29-,30-,31+,32-,33+,34+,35-,36-,37+,38+,39+,40-,41-,42-,44-,45+,46+,47-/m0/s1. The Labute approximate surface area is 377 Å². The molecule has 7 rings (SSSR count). The second kappa shape index (κ2) is 18.8. The molecule has 64 heavy (non-hydrogen) atoms. The van der Waals surface area contributed by atoms with Crippen molar-refractivity contribution in [1.82, 2.24) is 0 Å². The molecule has 3 heterocycles. The number of aliphatic hydroxyl groups is 11. The number of rotatable bonds is 12. The van der Waals surface area contributed by atoms with E-state index in [0.717, 1.165) is 38.5 Å². The van der Waals surface area contributed by atoms with Gasteiger partial charge in [-0.2, -0.15) is 0 Å². The van der Waals surface area contributed by atoms with Gasteiger partial charge in [-0.05, 0) is 124 Å². The van der Waals surface area contributed by atoms with Gasteiger partial charge < -0.3 is 84.6 Å². The molecule has 0 bridgehead atoms. The summed E-state index contributed by atoms with van der Waals surface area (Å²) in [6.45, 7) is 16.1. The summed E-state index contributed by atoms with van der Waals surface area (Å²) in [4.78, 5) is 0. The van der Waals surface area contributed by atoms with Gasteiger partial charge in [-0.1, -0.05) is 46.3 Å². The van der Waals surface area contributed by atoms with Gasteiger partial charge in [-0.15, -0.1) is 0 Å². The molecule has 17 heteroatoms. The van der Waals surface area contributed by atoms with Crippen molar-refractivity contribution in [3.05, 3.63) is 11.6 Å². The van der Waals surface area contributed by atoms with Gasteiger partial charge in [0.1, 0.15) is 67.1 Å². The fourth-order valence-corrected chi connectivity index (χ4v) is 14.4. The largest absolute Gasteiger partial charge is 0.394 e. The lowest BCUT2D eigenvalue weighted by molar-refractivity contribution is -0.382. The zero-order valence-corrected chi connectivity index (χ0v) is 39.0. The summed E-state index contributed by atoms with van der Waals surface area (Å²) in [5.74, 6) is 0.241. The van der Waals surface area contributed by atoms with Gasteiger partial charge in [-0.25, -0.2) is 0 Å². The van der Waals surface area contributed by atoms with E-state index in [0.29, 0.717) is 19.3 Å². The fraction of sp³-hybridized carbons (Fsp3) is 0.957. The Bertz CT molecular complexity index is 1620. The maximum Gasteiger partial charge on any atom is 0.187 e. The first-order valence-corrected chi connectivity index (χ1v) is 23.8. The van der Waals surface area contributed by atoms with Gasteiger partial charge in [0.2, 0.25) is 0 Å². The third kappa shape index (κ3) is 8.71.